The van der Waals surface area contributed by atoms with Crippen LogP contribution >= 0.6 is 11.6 Å². The summed E-state index contributed by atoms with van der Waals surface area (Å²) < 4.78 is 5.94. The van der Waals surface area contributed by atoms with Gasteiger partial charge in [0.05, 0.1) is 17.0 Å². The van der Waals surface area contributed by atoms with Crippen molar-refractivity contribution in [1.82, 2.24) is 10.2 Å². The van der Waals surface area contributed by atoms with E-state index in [0.29, 0.717) is 24.7 Å². The minimum Gasteiger partial charge on any atom is -0.481 e. The lowest BCUT2D eigenvalue weighted by atomic mass is 9.81. The number of furan rings is 1. The average Bonchev–Trinajstić information content (AvgIpc) is 3.22. The largest absolute Gasteiger partial charge is 0.481 e. The third-order valence-electron chi connectivity index (χ3n) is 5.20. The zero-order valence-corrected chi connectivity index (χ0v) is 13.9. The van der Waals surface area contributed by atoms with Crippen LogP contribution in [0.2, 0.25) is 5.02 Å². The van der Waals surface area contributed by atoms with Gasteiger partial charge in [-0.05, 0) is 24.3 Å². The molecule has 24 heavy (non-hydrogen) atoms. The fourth-order valence-corrected chi connectivity index (χ4v) is 4.16. The van der Waals surface area contributed by atoms with E-state index in [0.717, 1.165) is 30.2 Å². The van der Waals surface area contributed by atoms with Crippen LogP contribution in [0.4, 0.5) is 0 Å². The number of aliphatic carboxylic acids is 1. The maximum Gasteiger partial charge on any atom is 0.312 e. The predicted octanol–water partition coefficient (Wildman–Crippen LogP) is 2.71. The van der Waals surface area contributed by atoms with Gasteiger partial charge in [0.2, 0.25) is 0 Å². The summed E-state index contributed by atoms with van der Waals surface area (Å²) >= 11 is 6.21. The number of fused-ring (bicyclic) bond motifs is 1. The number of hydrogen-bond acceptors (Lipinski definition) is 4. The lowest BCUT2D eigenvalue weighted by Crippen LogP contribution is -2.40. The molecule has 2 aliphatic heterocycles. The molecule has 1 aromatic heterocycles. The van der Waals surface area contributed by atoms with Crippen molar-refractivity contribution in [2.45, 2.75) is 6.54 Å². The number of benzene rings is 1. The van der Waals surface area contributed by atoms with E-state index < -0.39 is 11.4 Å². The van der Waals surface area contributed by atoms with Gasteiger partial charge in [0.25, 0.3) is 0 Å². The zero-order chi connectivity index (χ0) is 16.7. The summed E-state index contributed by atoms with van der Waals surface area (Å²) in [7, 11) is 0. The molecule has 2 atom stereocenters. The Morgan fingerprint density at radius 1 is 1.38 bits per heavy atom. The zero-order valence-electron chi connectivity index (χ0n) is 13.2. The van der Waals surface area contributed by atoms with Gasteiger partial charge >= 0.3 is 5.97 Å². The molecule has 0 saturated carbocycles. The van der Waals surface area contributed by atoms with Crippen molar-refractivity contribution in [3.05, 3.63) is 47.2 Å². The van der Waals surface area contributed by atoms with Gasteiger partial charge in [0.15, 0.2) is 0 Å². The van der Waals surface area contributed by atoms with E-state index in [1.165, 1.54) is 0 Å². The number of nitrogens with zero attached hydrogens (tertiary/aromatic N) is 1. The van der Waals surface area contributed by atoms with Crippen LogP contribution in [0.5, 0.6) is 0 Å². The van der Waals surface area contributed by atoms with Crippen LogP contribution in [0.1, 0.15) is 5.76 Å². The number of nitrogens with one attached hydrogen (secondary N) is 1. The molecular weight excluding hydrogens is 328 g/mol. The summed E-state index contributed by atoms with van der Waals surface area (Å²) in [5.41, 5.74) is 0.216. The Morgan fingerprint density at radius 2 is 2.21 bits per heavy atom. The van der Waals surface area contributed by atoms with Crippen molar-refractivity contribution in [1.29, 1.82) is 0 Å². The van der Waals surface area contributed by atoms with Gasteiger partial charge in [-0.2, -0.15) is 0 Å². The second-order valence-corrected chi connectivity index (χ2v) is 7.11. The molecule has 0 unspecified atom stereocenters. The number of rotatable bonds is 4. The molecule has 3 heterocycles. The highest BCUT2D eigenvalue weighted by Gasteiger charge is 2.55. The maximum atomic E-state index is 11.7. The molecule has 5 nitrogen and oxygen atoms in total. The van der Waals surface area contributed by atoms with Gasteiger partial charge in [0.1, 0.15) is 11.5 Å². The first-order valence-electron chi connectivity index (χ1n) is 8.08. The van der Waals surface area contributed by atoms with Crippen molar-refractivity contribution >= 4 is 17.6 Å². The standard InChI is InChI=1S/C18H19ClN2O3/c19-15-4-2-1-3-14(15)16-6-5-13(24-16)9-21-8-12-7-20-10-18(12,11-21)17(22)23/h1-6,12,20H,7-11H2,(H,22,23)/t12-,18-/m0/s1. The fraction of sp³-hybridized carbons (Fsp3) is 0.389. The number of halogens is 1. The van der Waals surface area contributed by atoms with Crippen molar-refractivity contribution in [3.63, 3.8) is 0 Å². The number of carboxylic acids is 1. The molecule has 2 aliphatic rings. The smallest absolute Gasteiger partial charge is 0.312 e. The van der Waals surface area contributed by atoms with E-state index in [9.17, 15) is 9.90 Å². The lowest BCUT2D eigenvalue weighted by molar-refractivity contribution is -0.148. The first-order chi connectivity index (χ1) is 11.6. The first kappa shape index (κ1) is 15.7. The van der Waals surface area contributed by atoms with E-state index in [1.54, 1.807) is 0 Å². The molecule has 2 fully saturated rings. The Balaban J connectivity index is 1.50. The molecule has 0 spiro atoms. The Morgan fingerprint density at radius 3 is 2.96 bits per heavy atom. The van der Waals surface area contributed by atoms with Crippen molar-refractivity contribution in [2.24, 2.45) is 11.3 Å². The third-order valence-corrected chi connectivity index (χ3v) is 5.53. The highest BCUT2D eigenvalue weighted by molar-refractivity contribution is 6.33. The Hall–Kier alpha value is -1.82. The van der Waals surface area contributed by atoms with Gasteiger partial charge in [-0.25, -0.2) is 0 Å². The van der Waals surface area contributed by atoms with Gasteiger partial charge in [-0.1, -0.05) is 23.7 Å². The van der Waals surface area contributed by atoms with E-state index >= 15 is 0 Å². The Labute approximate surface area is 145 Å². The molecule has 2 N–H and O–H groups in total. The second-order valence-electron chi connectivity index (χ2n) is 6.70. The molecule has 0 radical (unpaired) electrons. The highest BCUT2D eigenvalue weighted by atomic mass is 35.5. The maximum absolute atomic E-state index is 11.7. The van der Waals surface area contributed by atoms with Crippen LogP contribution < -0.4 is 5.32 Å². The number of hydrogen-bond donors (Lipinski definition) is 2. The predicted molar refractivity (Wildman–Crippen MR) is 90.9 cm³/mol. The quantitative estimate of drug-likeness (QED) is 0.891. The number of carbonyl (C=O) groups is 1. The normalized spacial score (nSPS) is 26.6. The van der Waals surface area contributed by atoms with Crippen molar-refractivity contribution in [2.75, 3.05) is 26.2 Å². The molecular formula is C18H19ClN2O3. The summed E-state index contributed by atoms with van der Waals surface area (Å²) in [5.74, 6) is 1.03. The van der Waals surface area contributed by atoms with Gasteiger partial charge < -0.3 is 14.8 Å². The highest BCUT2D eigenvalue weighted by Crippen LogP contribution is 2.40. The first-order valence-corrected chi connectivity index (χ1v) is 8.46. The van der Waals surface area contributed by atoms with E-state index in [1.807, 2.05) is 36.4 Å². The molecule has 2 saturated heterocycles. The van der Waals surface area contributed by atoms with E-state index in [4.69, 9.17) is 16.0 Å². The second kappa shape index (κ2) is 5.92. The van der Waals surface area contributed by atoms with Crippen LogP contribution in [0, 0.1) is 11.3 Å². The van der Waals surface area contributed by atoms with Crippen molar-refractivity contribution < 1.29 is 14.3 Å². The molecule has 0 aliphatic carbocycles. The van der Waals surface area contributed by atoms with Crippen molar-refractivity contribution in [3.8, 4) is 11.3 Å². The fourth-order valence-electron chi connectivity index (χ4n) is 3.94. The van der Waals surface area contributed by atoms with E-state index in [-0.39, 0.29) is 5.92 Å². The average molecular weight is 347 g/mol. The summed E-state index contributed by atoms with van der Waals surface area (Å²) in [5, 5.41) is 13.5. The summed E-state index contributed by atoms with van der Waals surface area (Å²) in [6.07, 6.45) is 0. The number of likely N-dealkylation sites (tertiary alicyclic amines) is 1. The monoisotopic (exact) mass is 346 g/mol. The summed E-state index contributed by atoms with van der Waals surface area (Å²) in [6.45, 7) is 3.28. The topological polar surface area (TPSA) is 65.7 Å². The van der Waals surface area contributed by atoms with Crippen LogP contribution in [0.3, 0.4) is 0 Å². The molecule has 126 valence electrons. The lowest BCUT2D eigenvalue weighted by Gasteiger charge is -2.22. The van der Waals surface area contributed by atoms with Crippen LogP contribution in [0.25, 0.3) is 11.3 Å². The number of carboxylic acid groups (broad SMARTS) is 1. The molecule has 0 bridgehead atoms. The molecule has 4 rings (SSSR count). The van der Waals surface area contributed by atoms with E-state index in [2.05, 4.69) is 10.2 Å². The van der Waals surface area contributed by atoms with Gasteiger partial charge in [-0.3, -0.25) is 9.69 Å². The third kappa shape index (κ3) is 2.53. The van der Waals surface area contributed by atoms with Gasteiger partial charge in [0, 0.05) is 37.7 Å². The molecule has 2 aromatic rings. The molecule has 6 heteroatoms. The van der Waals surface area contributed by atoms with Crippen LogP contribution in [0.15, 0.2) is 40.8 Å². The summed E-state index contributed by atoms with van der Waals surface area (Å²) in [4.78, 5) is 13.9. The minimum atomic E-state index is -0.698. The Kier molecular flexibility index (Phi) is 3.87. The molecule has 0 amide bonds. The SMILES string of the molecule is O=C(O)[C@]12CNC[C@H]1CN(Cc1ccc(-c3ccccc3Cl)o1)C2. The minimum absolute atomic E-state index is 0.160. The summed E-state index contributed by atoms with van der Waals surface area (Å²) in [6, 6.07) is 11.4. The van der Waals surface area contributed by atoms with Crippen LogP contribution in [-0.4, -0.2) is 42.2 Å². The molecule has 1 aromatic carbocycles. The van der Waals surface area contributed by atoms with Gasteiger partial charge in [-0.15, -0.1) is 0 Å². The van der Waals surface area contributed by atoms with Crippen LogP contribution in [-0.2, 0) is 11.3 Å². The Bertz CT molecular complexity index is 775.